The average Bonchev–Trinajstić information content (AvgIpc) is 3.18. The van der Waals surface area contributed by atoms with E-state index >= 15 is 0 Å². The highest BCUT2D eigenvalue weighted by atomic mass is 79.9. The molecule has 2 aromatic carbocycles. The second-order valence-electron chi connectivity index (χ2n) is 7.99. The van der Waals surface area contributed by atoms with E-state index in [0.29, 0.717) is 18.7 Å². The molecule has 0 saturated heterocycles. The zero-order chi connectivity index (χ0) is 22.8. The van der Waals surface area contributed by atoms with Crippen molar-refractivity contribution < 1.29 is 4.79 Å². The minimum absolute atomic E-state index is 0.146. The summed E-state index contributed by atoms with van der Waals surface area (Å²) in [5.74, 6) is -0.146. The molecule has 0 unspecified atom stereocenters. The normalized spacial score (nSPS) is 11.0. The lowest BCUT2D eigenvalue weighted by Gasteiger charge is -2.09. The SMILES string of the molecule is Cc1nn(Cc2cccc(C(=O)Nc3c(C)nn(Cc4ccccc4)c3C)c2)c(C)c1Br. The number of hydrogen-bond acceptors (Lipinski definition) is 3. The fraction of sp³-hybridized carbons (Fsp3) is 0.240. The number of carbonyl (C=O) groups is 1. The molecular weight excluding hydrogens is 466 g/mol. The van der Waals surface area contributed by atoms with Crippen molar-refractivity contribution in [1.82, 2.24) is 19.6 Å². The van der Waals surface area contributed by atoms with Crippen molar-refractivity contribution in [3.63, 3.8) is 0 Å². The molecule has 0 aliphatic heterocycles. The van der Waals surface area contributed by atoms with Crippen LogP contribution in [0.4, 0.5) is 5.69 Å². The van der Waals surface area contributed by atoms with Crippen LogP contribution in [-0.4, -0.2) is 25.5 Å². The van der Waals surface area contributed by atoms with E-state index in [1.54, 1.807) is 0 Å². The van der Waals surface area contributed by atoms with Crippen LogP contribution in [-0.2, 0) is 13.1 Å². The second-order valence-corrected chi connectivity index (χ2v) is 8.78. The van der Waals surface area contributed by atoms with Gasteiger partial charge in [0.25, 0.3) is 5.91 Å². The standard InChI is InChI=1S/C25H26BrN5O/c1-16-23(26)18(3)30(28-16)15-21-11-8-12-22(13-21)25(32)27-24-17(2)29-31(19(24)4)14-20-9-6-5-7-10-20/h5-13H,14-15H2,1-4H3,(H,27,32). The highest BCUT2D eigenvalue weighted by Crippen LogP contribution is 2.23. The van der Waals surface area contributed by atoms with Gasteiger partial charge in [0.2, 0.25) is 0 Å². The summed E-state index contributed by atoms with van der Waals surface area (Å²) in [6.07, 6.45) is 0. The van der Waals surface area contributed by atoms with Crippen LogP contribution in [0.2, 0.25) is 0 Å². The van der Waals surface area contributed by atoms with Gasteiger partial charge in [-0.3, -0.25) is 14.2 Å². The third-order valence-corrected chi connectivity index (χ3v) is 6.76. The first-order chi connectivity index (χ1) is 15.3. The van der Waals surface area contributed by atoms with Crippen molar-refractivity contribution in [2.24, 2.45) is 0 Å². The highest BCUT2D eigenvalue weighted by molar-refractivity contribution is 9.10. The summed E-state index contributed by atoms with van der Waals surface area (Å²) in [7, 11) is 0. The number of amides is 1. The Labute approximate surface area is 196 Å². The molecule has 4 aromatic rings. The predicted molar refractivity (Wildman–Crippen MR) is 130 cm³/mol. The quantitative estimate of drug-likeness (QED) is 0.391. The van der Waals surface area contributed by atoms with Crippen LogP contribution in [0.1, 0.15) is 44.3 Å². The number of benzene rings is 2. The number of nitrogens with one attached hydrogen (secondary N) is 1. The molecule has 1 amide bonds. The first-order valence-corrected chi connectivity index (χ1v) is 11.3. The third-order valence-electron chi connectivity index (χ3n) is 5.61. The largest absolute Gasteiger partial charge is 0.319 e. The van der Waals surface area contributed by atoms with E-state index in [2.05, 4.69) is 43.6 Å². The molecule has 4 rings (SSSR count). The molecule has 164 valence electrons. The van der Waals surface area contributed by atoms with Crippen LogP contribution < -0.4 is 5.32 Å². The molecule has 0 aliphatic rings. The van der Waals surface area contributed by atoms with E-state index in [-0.39, 0.29) is 5.91 Å². The molecule has 0 aliphatic carbocycles. The summed E-state index contributed by atoms with van der Waals surface area (Å²) in [4.78, 5) is 13.0. The Balaban J connectivity index is 1.52. The van der Waals surface area contributed by atoms with Crippen LogP contribution in [0.5, 0.6) is 0 Å². The maximum atomic E-state index is 13.0. The number of rotatable bonds is 6. The summed E-state index contributed by atoms with van der Waals surface area (Å²) in [5, 5.41) is 12.3. The topological polar surface area (TPSA) is 64.7 Å². The minimum Gasteiger partial charge on any atom is -0.319 e. The van der Waals surface area contributed by atoms with E-state index in [1.165, 1.54) is 5.56 Å². The monoisotopic (exact) mass is 491 g/mol. The van der Waals surface area contributed by atoms with Gasteiger partial charge < -0.3 is 5.32 Å². The summed E-state index contributed by atoms with van der Waals surface area (Å²) < 4.78 is 4.89. The molecule has 0 bridgehead atoms. The molecule has 0 spiro atoms. The summed E-state index contributed by atoms with van der Waals surface area (Å²) in [6, 6.07) is 17.8. The Morgan fingerprint density at radius 2 is 1.47 bits per heavy atom. The number of carbonyl (C=O) groups excluding carboxylic acids is 1. The van der Waals surface area contributed by atoms with Crippen LogP contribution in [0.15, 0.2) is 59.1 Å². The molecule has 1 N–H and O–H groups in total. The molecule has 0 radical (unpaired) electrons. The van der Waals surface area contributed by atoms with Gasteiger partial charge in [-0.25, -0.2) is 0 Å². The summed E-state index contributed by atoms with van der Waals surface area (Å²) in [6.45, 7) is 9.17. The molecular formula is C25H26BrN5O. The molecule has 0 saturated carbocycles. The Hall–Kier alpha value is -3.19. The smallest absolute Gasteiger partial charge is 0.255 e. The van der Waals surface area contributed by atoms with Gasteiger partial charge in [-0.2, -0.15) is 10.2 Å². The molecule has 6 nitrogen and oxygen atoms in total. The first-order valence-electron chi connectivity index (χ1n) is 10.5. The number of halogens is 1. The van der Waals surface area contributed by atoms with Crippen LogP contribution in [0, 0.1) is 27.7 Å². The number of aromatic nitrogens is 4. The number of aryl methyl sites for hydroxylation is 2. The van der Waals surface area contributed by atoms with Crippen LogP contribution >= 0.6 is 15.9 Å². The minimum atomic E-state index is -0.146. The zero-order valence-corrected chi connectivity index (χ0v) is 20.3. The van der Waals surface area contributed by atoms with E-state index in [1.807, 2.05) is 79.5 Å². The van der Waals surface area contributed by atoms with Crippen LogP contribution in [0.25, 0.3) is 0 Å². The lowest BCUT2D eigenvalue weighted by molar-refractivity contribution is 0.102. The van der Waals surface area contributed by atoms with Crippen molar-refractivity contribution in [1.29, 1.82) is 0 Å². The van der Waals surface area contributed by atoms with Gasteiger partial charge in [-0.15, -0.1) is 0 Å². The average molecular weight is 492 g/mol. The van der Waals surface area contributed by atoms with Gasteiger partial charge in [0, 0.05) is 5.56 Å². The Morgan fingerprint density at radius 3 is 2.16 bits per heavy atom. The Bertz CT molecular complexity index is 1270. The van der Waals surface area contributed by atoms with Crippen molar-refractivity contribution in [2.75, 3.05) is 5.32 Å². The van der Waals surface area contributed by atoms with Crippen molar-refractivity contribution in [3.05, 3.63) is 98.5 Å². The summed E-state index contributed by atoms with van der Waals surface area (Å²) in [5.41, 5.74) is 7.31. The Kier molecular flexibility index (Phi) is 6.28. The molecule has 32 heavy (non-hydrogen) atoms. The molecule has 7 heteroatoms. The third kappa shape index (κ3) is 4.53. The highest BCUT2D eigenvalue weighted by Gasteiger charge is 2.16. The first kappa shape index (κ1) is 22.0. The summed E-state index contributed by atoms with van der Waals surface area (Å²) >= 11 is 3.57. The maximum absolute atomic E-state index is 13.0. The predicted octanol–water partition coefficient (Wildman–Crippen LogP) is 5.42. The van der Waals surface area contributed by atoms with Crippen LogP contribution in [0.3, 0.4) is 0 Å². The second kappa shape index (κ2) is 9.12. The van der Waals surface area contributed by atoms with E-state index < -0.39 is 0 Å². The van der Waals surface area contributed by atoms with Gasteiger partial charge in [-0.1, -0.05) is 42.5 Å². The molecule has 2 heterocycles. The van der Waals surface area contributed by atoms with Gasteiger partial charge in [0.05, 0.1) is 46.0 Å². The van der Waals surface area contributed by atoms with Gasteiger partial charge in [0.15, 0.2) is 0 Å². The lowest BCUT2D eigenvalue weighted by Crippen LogP contribution is -2.14. The fourth-order valence-corrected chi connectivity index (χ4v) is 4.07. The Morgan fingerprint density at radius 1 is 0.844 bits per heavy atom. The van der Waals surface area contributed by atoms with E-state index in [9.17, 15) is 4.79 Å². The van der Waals surface area contributed by atoms with E-state index in [4.69, 9.17) is 0 Å². The molecule has 0 atom stereocenters. The van der Waals surface area contributed by atoms with Gasteiger partial charge >= 0.3 is 0 Å². The molecule has 2 aromatic heterocycles. The van der Waals surface area contributed by atoms with Crippen molar-refractivity contribution in [2.45, 2.75) is 40.8 Å². The van der Waals surface area contributed by atoms with Gasteiger partial charge in [0.1, 0.15) is 0 Å². The maximum Gasteiger partial charge on any atom is 0.255 e. The lowest BCUT2D eigenvalue weighted by atomic mass is 10.1. The number of nitrogens with zero attached hydrogens (tertiary/aromatic N) is 4. The number of hydrogen-bond donors (Lipinski definition) is 1. The van der Waals surface area contributed by atoms with Gasteiger partial charge in [-0.05, 0) is 66.9 Å². The molecule has 0 fully saturated rings. The van der Waals surface area contributed by atoms with Crippen molar-refractivity contribution >= 4 is 27.5 Å². The zero-order valence-electron chi connectivity index (χ0n) is 18.7. The number of anilines is 1. The fourth-order valence-electron chi connectivity index (χ4n) is 3.79. The van der Waals surface area contributed by atoms with Crippen molar-refractivity contribution in [3.8, 4) is 0 Å². The van der Waals surface area contributed by atoms with E-state index in [0.717, 1.165) is 38.5 Å².